The Morgan fingerprint density at radius 2 is 2.31 bits per heavy atom. The van der Waals surface area contributed by atoms with Crippen molar-refractivity contribution in [1.82, 2.24) is 5.43 Å². The summed E-state index contributed by atoms with van der Waals surface area (Å²) in [6, 6.07) is 8.18. The molecule has 3 N–H and O–H groups in total. The number of hydrazine groups is 1. The van der Waals surface area contributed by atoms with Crippen LogP contribution in [0.3, 0.4) is 0 Å². The van der Waals surface area contributed by atoms with Gasteiger partial charge in [-0.05, 0) is 36.3 Å². The van der Waals surface area contributed by atoms with Gasteiger partial charge in [-0.25, -0.2) is 0 Å². The van der Waals surface area contributed by atoms with E-state index >= 15 is 0 Å². The predicted molar refractivity (Wildman–Crippen MR) is 71.6 cm³/mol. The quantitative estimate of drug-likeness (QED) is 0.645. The van der Waals surface area contributed by atoms with Gasteiger partial charge in [0.25, 0.3) is 0 Å². The van der Waals surface area contributed by atoms with Gasteiger partial charge in [-0.1, -0.05) is 30.2 Å². The van der Waals surface area contributed by atoms with E-state index in [4.69, 9.17) is 17.4 Å². The van der Waals surface area contributed by atoms with Crippen molar-refractivity contribution in [3.63, 3.8) is 0 Å². The van der Waals surface area contributed by atoms with Crippen LogP contribution in [0.5, 0.6) is 0 Å². The second kappa shape index (κ2) is 5.92. The van der Waals surface area contributed by atoms with E-state index < -0.39 is 0 Å². The van der Waals surface area contributed by atoms with Crippen molar-refractivity contribution in [1.29, 1.82) is 0 Å². The van der Waals surface area contributed by atoms with Crippen LogP contribution in [0.2, 0.25) is 5.02 Å². The minimum Gasteiger partial charge on any atom is -0.271 e. The van der Waals surface area contributed by atoms with Gasteiger partial charge in [0.05, 0.1) is 6.04 Å². The predicted octanol–water partition coefficient (Wildman–Crippen LogP) is 3.13. The second-order valence-corrected chi connectivity index (χ2v) is 5.89. The van der Waals surface area contributed by atoms with Crippen molar-refractivity contribution in [3.8, 4) is 0 Å². The number of halogens is 1. The molecule has 1 fully saturated rings. The van der Waals surface area contributed by atoms with E-state index in [0.29, 0.717) is 5.25 Å². The summed E-state index contributed by atoms with van der Waals surface area (Å²) >= 11 is 8.02. The summed E-state index contributed by atoms with van der Waals surface area (Å²) in [7, 11) is 0. The Balaban J connectivity index is 2.14. The van der Waals surface area contributed by atoms with Gasteiger partial charge in [-0.3, -0.25) is 11.3 Å². The molecule has 88 valence electrons. The van der Waals surface area contributed by atoms with Crippen LogP contribution < -0.4 is 11.3 Å². The van der Waals surface area contributed by atoms with Gasteiger partial charge in [-0.2, -0.15) is 11.8 Å². The van der Waals surface area contributed by atoms with Gasteiger partial charge in [0.1, 0.15) is 0 Å². The van der Waals surface area contributed by atoms with Crippen molar-refractivity contribution in [2.45, 2.75) is 30.6 Å². The number of nitrogens with two attached hydrogens (primary N) is 1. The summed E-state index contributed by atoms with van der Waals surface area (Å²) in [5.74, 6) is 6.92. The van der Waals surface area contributed by atoms with Crippen LogP contribution in [0.1, 0.15) is 30.9 Å². The molecular formula is C12H17ClN2S. The Bertz CT molecular complexity index is 340. The van der Waals surface area contributed by atoms with Crippen LogP contribution in [0.15, 0.2) is 24.3 Å². The van der Waals surface area contributed by atoms with E-state index in [1.165, 1.54) is 30.6 Å². The Morgan fingerprint density at radius 3 is 2.94 bits per heavy atom. The van der Waals surface area contributed by atoms with Crippen molar-refractivity contribution in [3.05, 3.63) is 34.9 Å². The van der Waals surface area contributed by atoms with Crippen molar-refractivity contribution in [2.24, 2.45) is 5.84 Å². The van der Waals surface area contributed by atoms with Gasteiger partial charge in [0.2, 0.25) is 0 Å². The van der Waals surface area contributed by atoms with Gasteiger partial charge >= 0.3 is 0 Å². The maximum atomic E-state index is 6.01. The zero-order valence-electron chi connectivity index (χ0n) is 9.16. The molecule has 0 bridgehead atoms. The van der Waals surface area contributed by atoms with Crippen LogP contribution >= 0.6 is 23.4 Å². The molecular weight excluding hydrogens is 240 g/mol. The molecule has 0 radical (unpaired) electrons. The van der Waals surface area contributed by atoms with E-state index in [9.17, 15) is 0 Å². The molecule has 1 heterocycles. The topological polar surface area (TPSA) is 38.0 Å². The zero-order chi connectivity index (χ0) is 11.4. The molecule has 1 aromatic carbocycles. The Hall–Kier alpha value is -0.220. The summed E-state index contributed by atoms with van der Waals surface area (Å²) in [5, 5.41) is 1.34. The zero-order valence-corrected chi connectivity index (χ0v) is 10.7. The number of benzene rings is 1. The Kier molecular flexibility index (Phi) is 4.53. The minimum atomic E-state index is 0.212. The first-order valence-electron chi connectivity index (χ1n) is 5.64. The lowest BCUT2D eigenvalue weighted by atomic mass is 10.00. The molecule has 0 amide bonds. The minimum absolute atomic E-state index is 0.212. The fourth-order valence-electron chi connectivity index (χ4n) is 2.15. The second-order valence-electron chi connectivity index (χ2n) is 4.10. The van der Waals surface area contributed by atoms with Crippen LogP contribution in [0.4, 0.5) is 0 Å². The van der Waals surface area contributed by atoms with Gasteiger partial charge in [-0.15, -0.1) is 0 Å². The number of nitrogens with one attached hydrogen (secondary N) is 1. The van der Waals surface area contributed by atoms with Crippen molar-refractivity contribution in [2.75, 3.05) is 5.75 Å². The third-order valence-electron chi connectivity index (χ3n) is 2.97. The Morgan fingerprint density at radius 1 is 1.44 bits per heavy atom. The third-order valence-corrected chi connectivity index (χ3v) is 4.67. The number of thioether (sulfide) groups is 1. The van der Waals surface area contributed by atoms with Crippen LogP contribution in [-0.2, 0) is 0 Å². The van der Waals surface area contributed by atoms with E-state index in [1.807, 2.05) is 30.0 Å². The first-order chi connectivity index (χ1) is 7.81. The normalized spacial score (nSPS) is 23.0. The molecule has 1 aliphatic rings. The smallest absolute Gasteiger partial charge is 0.0579 e. The molecule has 2 rings (SSSR count). The van der Waals surface area contributed by atoms with E-state index in [1.54, 1.807) is 0 Å². The van der Waals surface area contributed by atoms with Crippen molar-refractivity contribution >= 4 is 23.4 Å². The van der Waals surface area contributed by atoms with Gasteiger partial charge < -0.3 is 0 Å². The molecule has 0 saturated carbocycles. The van der Waals surface area contributed by atoms with E-state index in [-0.39, 0.29) is 6.04 Å². The van der Waals surface area contributed by atoms with Gasteiger partial charge in [0, 0.05) is 10.3 Å². The average molecular weight is 257 g/mol. The van der Waals surface area contributed by atoms with E-state index in [2.05, 4.69) is 11.5 Å². The highest BCUT2D eigenvalue weighted by molar-refractivity contribution is 8.00. The van der Waals surface area contributed by atoms with Crippen molar-refractivity contribution < 1.29 is 0 Å². The van der Waals surface area contributed by atoms with Crippen LogP contribution in [0.25, 0.3) is 0 Å². The highest BCUT2D eigenvalue weighted by atomic mass is 35.5. The summed E-state index contributed by atoms with van der Waals surface area (Å²) in [6.45, 7) is 0. The van der Waals surface area contributed by atoms with E-state index in [0.717, 1.165) is 5.02 Å². The molecule has 0 aliphatic carbocycles. The molecule has 0 spiro atoms. The lowest BCUT2D eigenvalue weighted by molar-refractivity contribution is 0.492. The first kappa shape index (κ1) is 12.2. The van der Waals surface area contributed by atoms with Crippen LogP contribution in [-0.4, -0.2) is 11.0 Å². The maximum absolute atomic E-state index is 6.01. The largest absolute Gasteiger partial charge is 0.271 e. The molecule has 1 aliphatic heterocycles. The number of rotatable bonds is 3. The molecule has 2 unspecified atom stereocenters. The first-order valence-corrected chi connectivity index (χ1v) is 7.07. The standard InChI is InChI=1S/C12H17ClN2S/c13-10-5-3-4-9(8-10)12(15-14)11-6-1-2-7-16-11/h3-5,8,11-12,15H,1-2,6-7,14H2. The maximum Gasteiger partial charge on any atom is 0.0579 e. The number of hydrogen-bond donors (Lipinski definition) is 2. The Labute approximate surface area is 106 Å². The summed E-state index contributed by atoms with van der Waals surface area (Å²) in [4.78, 5) is 0. The molecule has 2 nitrogen and oxygen atoms in total. The highest BCUT2D eigenvalue weighted by Crippen LogP contribution is 2.34. The summed E-state index contributed by atoms with van der Waals surface area (Å²) in [5.41, 5.74) is 4.13. The fourth-order valence-corrected chi connectivity index (χ4v) is 3.78. The molecule has 1 saturated heterocycles. The average Bonchev–Trinajstić information content (AvgIpc) is 2.31. The highest BCUT2D eigenvalue weighted by Gasteiger charge is 2.24. The van der Waals surface area contributed by atoms with Gasteiger partial charge in [0.15, 0.2) is 0 Å². The lowest BCUT2D eigenvalue weighted by Crippen LogP contribution is -2.36. The molecule has 4 heteroatoms. The summed E-state index contributed by atoms with van der Waals surface area (Å²) in [6.07, 6.45) is 3.86. The molecule has 0 aromatic heterocycles. The molecule has 1 aromatic rings. The third kappa shape index (κ3) is 2.92. The fraction of sp³-hybridized carbons (Fsp3) is 0.500. The lowest BCUT2D eigenvalue weighted by Gasteiger charge is -2.29. The van der Waals surface area contributed by atoms with Crippen LogP contribution in [0, 0.1) is 0 Å². The monoisotopic (exact) mass is 256 g/mol. The molecule has 16 heavy (non-hydrogen) atoms. The number of hydrogen-bond acceptors (Lipinski definition) is 3. The molecule has 2 atom stereocenters. The SMILES string of the molecule is NNC(c1cccc(Cl)c1)C1CCCCS1. The summed E-state index contributed by atoms with van der Waals surface area (Å²) < 4.78 is 0.